The fraction of sp³-hybridized carbons (Fsp3) is 0.167. The van der Waals surface area contributed by atoms with E-state index < -0.39 is 0 Å². The molecule has 0 saturated carbocycles. The molecule has 0 aliphatic carbocycles. The molecule has 1 aromatic carbocycles. The summed E-state index contributed by atoms with van der Waals surface area (Å²) in [4.78, 5) is 2.48. The predicted molar refractivity (Wildman–Crippen MR) is 66.5 cm³/mol. The van der Waals surface area contributed by atoms with Crippen LogP contribution in [0.2, 0.25) is 5.02 Å². The van der Waals surface area contributed by atoms with Crippen molar-refractivity contribution in [2.75, 3.05) is 0 Å². The normalized spacial score (nSPS) is 12.7. The lowest BCUT2D eigenvalue weighted by Crippen LogP contribution is -2.09. The Bertz CT molecular complexity index is 447. The van der Waals surface area contributed by atoms with Crippen LogP contribution < -0.4 is 5.73 Å². The van der Waals surface area contributed by atoms with E-state index in [-0.39, 0.29) is 6.04 Å². The van der Waals surface area contributed by atoms with Crippen LogP contribution in [0.1, 0.15) is 21.4 Å². The Morgan fingerprint density at radius 2 is 1.80 bits per heavy atom. The van der Waals surface area contributed by atoms with Crippen molar-refractivity contribution in [3.8, 4) is 0 Å². The van der Waals surface area contributed by atoms with Gasteiger partial charge in [-0.15, -0.1) is 11.3 Å². The van der Waals surface area contributed by atoms with E-state index in [1.165, 1.54) is 9.75 Å². The minimum absolute atomic E-state index is 0.0408. The number of thiophene rings is 1. The number of halogens is 1. The van der Waals surface area contributed by atoms with Crippen LogP contribution in [0.4, 0.5) is 0 Å². The van der Waals surface area contributed by atoms with Crippen molar-refractivity contribution in [3.63, 3.8) is 0 Å². The Labute approximate surface area is 98.5 Å². The molecule has 2 N–H and O–H groups in total. The summed E-state index contributed by atoms with van der Waals surface area (Å²) >= 11 is 7.57. The zero-order valence-electron chi connectivity index (χ0n) is 8.41. The van der Waals surface area contributed by atoms with Gasteiger partial charge in [-0.2, -0.15) is 0 Å². The van der Waals surface area contributed by atoms with Crippen LogP contribution in [0, 0.1) is 6.92 Å². The molecule has 0 aliphatic rings. The maximum Gasteiger partial charge on any atom is 0.0646 e. The number of nitrogens with two attached hydrogens (primary N) is 1. The zero-order chi connectivity index (χ0) is 10.8. The molecule has 0 aliphatic heterocycles. The van der Waals surface area contributed by atoms with E-state index >= 15 is 0 Å². The van der Waals surface area contributed by atoms with Gasteiger partial charge in [-0.25, -0.2) is 0 Å². The van der Waals surface area contributed by atoms with Crippen LogP contribution in [0.25, 0.3) is 0 Å². The molecule has 3 heteroatoms. The van der Waals surface area contributed by atoms with Crippen LogP contribution in [0.5, 0.6) is 0 Å². The molecule has 2 rings (SSSR count). The van der Waals surface area contributed by atoms with Crippen molar-refractivity contribution < 1.29 is 0 Å². The highest BCUT2D eigenvalue weighted by Crippen LogP contribution is 2.26. The van der Waals surface area contributed by atoms with Gasteiger partial charge >= 0.3 is 0 Å². The molecular formula is C12H12ClNS. The predicted octanol–water partition coefficient (Wildman–Crippen LogP) is 3.76. The van der Waals surface area contributed by atoms with Crippen LogP contribution in [-0.2, 0) is 0 Å². The van der Waals surface area contributed by atoms with E-state index in [4.69, 9.17) is 17.3 Å². The molecule has 0 radical (unpaired) electrons. The number of hydrogen-bond donors (Lipinski definition) is 1. The first-order valence-electron chi connectivity index (χ1n) is 4.74. The van der Waals surface area contributed by atoms with E-state index in [0.717, 1.165) is 10.6 Å². The van der Waals surface area contributed by atoms with Crippen molar-refractivity contribution in [2.45, 2.75) is 13.0 Å². The lowest BCUT2D eigenvalue weighted by molar-refractivity contribution is 0.894. The number of benzene rings is 1. The minimum atomic E-state index is -0.0408. The van der Waals surface area contributed by atoms with Crippen molar-refractivity contribution in [1.82, 2.24) is 0 Å². The molecule has 1 nitrogen and oxygen atoms in total. The standard InChI is InChI=1S/C12H12ClNS/c1-8-2-7-11(15-8)12(14)9-3-5-10(13)6-4-9/h2-7,12H,14H2,1H3. The molecule has 78 valence electrons. The van der Waals surface area contributed by atoms with Gasteiger partial charge in [-0.05, 0) is 36.8 Å². The number of aryl methyl sites for hydroxylation is 1. The SMILES string of the molecule is Cc1ccc(C(N)c2ccc(Cl)cc2)s1. The first-order chi connectivity index (χ1) is 7.16. The Kier molecular flexibility index (Phi) is 3.10. The van der Waals surface area contributed by atoms with Gasteiger partial charge in [0.05, 0.1) is 6.04 Å². The van der Waals surface area contributed by atoms with Gasteiger partial charge in [-0.1, -0.05) is 23.7 Å². The summed E-state index contributed by atoms with van der Waals surface area (Å²) in [6.07, 6.45) is 0. The summed E-state index contributed by atoms with van der Waals surface area (Å²) < 4.78 is 0. The third kappa shape index (κ3) is 2.40. The van der Waals surface area contributed by atoms with Gasteiger partial charge in [-0.3, -0.25) is 0 Å². The van der Waals surface area contributed by atoms with Gasteiger partial charge < -0.3 is 5.73 Å². The third-order valence-corrected chi connectivity index (χ3v) is 3.63. The monoisotopic (exact) mass is 237 g/mol. The minimum Gasteiger partial charge on any atom is -0.320 e. The van der Waals surface area contributed by atoms with Crippen molar-refractivity contribution >= 4 is 22.9 Å². The smallest absolute Gasteiger partial charge is 0.0646 e. The highest BCUT2D eigenvalue weighted by molar-refractivity contribution is 7.12. The molecule has 1 aromatic heterocycles. The van der Waals surface area contributed by atoms with E-state index in [1.54, 1.807) is 11.3 Å². The topological polar surface area (TPSA) is 26.0 Å². The van der Waals surface area contributed by atoms with Crippen LogP contribution in [-0.4, -0.2) is 0 Å². The highest BCUT2D eigenvalue weighted by atomic mass is 35.5. The quantitative estimate of drug-likeness (QED) is 0.846. The maximum absolute atomic E-state index is 6.15. The van der Waals surface area contributed by atoms with E-state index in [2.05, 4.69) is 19.1 Å². The van der Waals surface area contributed by atoms with E-state index in [9.17, 15) is 0 Å². The summed E-state index contributed by atoms with van der Waals surface area (Å²) in [6, 6.07) is 11.8. The molecule has 0 amide bonds. The maximum atomic E-state index is 6.15. The van der Waals surface area contributed by atoms with Crippen molar-refractivity contribution in [1.29, 1.82) is 0 Å². The summed E-state index contributed by atoms with van der Waals surface area (Å²) in [7, 11) is 0. The first kappa shape index (κ1) is 10.7. The summed E-state index contributed by atoms with van der Waals surface area (Å²) in [5.74, 6) is 0. The zero-order valence-corrected chi connectivity index (χ0v) is 9.98. The Balaban J connectivity index is 2.28. The average Bonchev–Trinajstić information content (AvgIpc) is 2.65. The van der Waals surface area contributed by atoms with Gasteiger partial charge in [0.15, 0.2) is 0 Å². The molecule has 0 saturated heterocycles. The lowest BCUT2D eigenvalue weighted by Gasteiger charge is -2.09. The van der Waals surface area contributed by atoms with E-state index in [1.807, 2.05) is 24.3 Å². The van der Waals surface area contributed by atoms with Crippen molar-refractivity contribution in [3.05, 3.63) is 56.7 Å². The van der Waals surface area contributed by atoms with Crippen LogP contribution in [0.3, 0.4) is 0 Å². The molecule has 1 heterocycles. The molecule has 1 atom stereocenters. The second-order valence-electron chi connectivity index (χ2n) is 3.48. The second-order valence-corrected chi connectivity index (χ2v) is 5.23. The second kappa shape index (κ2) is 4.35. The molecular weight excluding hydrogens is 226 g/mol. The third-order valence-electron chi connectivity index (χ3n) is 2.30. The molecule has 1 unspecified atom stereocenters. The number of rotatable bonds is 2. The van der Waals surface area contributed by atoms with E-state index in [0.29, 0.717) is 0 Å². The van der Waals surface area contributed by atoms with Gasteiger partial charge in [0.2, 0.25) is 0 Å². The van der Waals surface area contributed by atoms with Gasteiger partial charge in [0.25, 0.3) is 0 Å². The highest BCUT2D eigenvalue weighted by Gasteiger charge is 2.10. The lowest BCUT2D eigenvalue weighted by atomic mass is 10.1. The number of hydrogen-bond acceptors (Lipinski definition) is 2. The fourth-order valence-electron chi connectivity index (χ4n) is 1.45. The fourth-order valence-corrected chi connectivity index (χ4v) is 2.49. The summed E-state index contributed by atoms with van der Waals surface area (Å²) in [5.41, 5.74) is 7.25. The van der Waals surface area contributed by atoms with Gasteiger partial charge in [0, 0.05) is 14.8 Å². The Hall–Kier alpha value is -0.830. The molecule has 0 fully saturated rings. The summed E-state index contributed by atoms with van der Waals surface area (Å²) in [5, 5.41) is 0.744. The van der Waals surface area contributed by atoms with Crippen LogP contribution in [0.15, 0.2) is 36.4 Å². The largest absolute Gasteiger partial charge is 0.320 e. The average molecular weight is 238 g/mol. The summed E-state index contributed by atoms with van der Waals surface area (Å²) in [6.45, 7) is 2.09. The first-order valence-corrected chi connectivity index (χ1v) is 5.93. The van der Waals surface area contributed by atoms with Gasteiger partial charge in [0.1, 0.15) is 0 Å². The van der Waals surface area contributed by atoms with Crippen LogP contribution >= 0.6 is 22.9 Å². The Morgan fingerprint density at radius 3 is 2.33 bits per heavy atom. The molecule has 2 aromatic rings. The Morgan fingerprint density at radius 1 is 1.13 bits per heavy atom. The van der Waals surface area contributed by atoms with Crippen molar-refractivity contribution in [2.24, 2.45) is 5.73 Å². The molecule has 15 heavy (non-hydrogen) atoms. The molecule has 0 spiro atoms. The molecule has 0 bridgehead atoms.